The summed E-state index contributed by atoms with van der Waals surface area (Å²) in [6.45, 7) is 0.164. The molecular weight excluding hydrogens is 428 g/mol. The molecule has 0 heterocycles. The highest BCUT2D eigenvalue weighted by Gasteiger charge is 2.29. The molecule has 0 aliphatic heterocycles. The second-order valence-corrected chi connectivity index (χ2v) is 7.57. The van der Waals surface area contributed by atoms with Crippen LogP contribution in [0.3, 0.4) is 0 Å². The summed E-state index contributed by atoms with van der Waals surface area (Å²) in [5.41, 5.74) is 4.49. The van der Waals surface area contributed by atoms with Gasteiger partial charge in [0, 0.05) is 33.1 Å². The van der Waals surface area contributed by atoms with Gasteiger partial charge in [0.1, 0.15) is 6.61 Å². The number of benzene rings is 2. The van der Waals surface area contributed by atoms with Gasteiger partial charge >= 0.3 is 12.1 Å². The molecule has 1 aliphatic carbocycles. The van der Waals surface area contributed by atoms with Crippen molar-refractivity contribution >= 4 is 18.0 Å². The molecule has 0 aromatic heterocycles. The minimum absolute atomic E-state index is 0.0624. The number of nitrogens with one attached hydrogen (secondary N) is 2. The second kappa shape index (κ2) is 11.4. The van der Waals surface area contributed by atoms with Crippen LogP contribution in [0.2, 0.25) is 0 Å². The Bertz CT molecular complexity index is 949. The molecular formula is C24H28N2O7. The van der Waals surface area contributed by atoms with Crippen molar-refractivity contribution < 1.29 is 33.7 Å². The monoisotopic (exact) mass is 456 g/mol. The van der Waals surface area contributed by atoms with Crippen molar-refractivity contribution in [3.8, 4) is 11.1 Å². The zero-order valence-electron chi connectivity index (χ0n) is 18.6. The Labute approximate surface area is 192 Å². The highest BCUT2D eigenvalue weighted by atomic mass is 16.5. The lowest BCUT2D eigenvalue weighted by atomic mass is 9.98. The molecule has 0 spiro atoms. The van der Waals surface area contributed by atoms with E-state index in [4.69, 9.17) is 19.3 Å². The number of hydrogen-bond acceptors (Lipinski definition) is 6. The summed E-state index contributed by atoms with van der Waals surface area (Å²) >= 11 is 0. The zero-order valence-corrected chi connectivity index (χ0v) is 18.6. The Kier molecular flexibility index (Phi) is 8.39. The first kappa shape index (κ1) is 24.2. The fourth-order valence-electron chi connectivity index (χ4n) is 3.89. The van der Waals surface area contributed by atoms with Crippen molar-refractivity contribution in [2.45, 2.75) is 24.5 Å². The molecule has 0 fully saturated rings. The molecule has 2 aromatic carbocycles. The quantitative estimate of drug-likeness (QED) is 0.473. The van der Waals surface area contributed by atoms with Crippen LogP contribution in [0.15, 0.2) is 48.5 Å². The van der Waals surface area contributed by atoms with Gasteiger partial charge in [0.2, 0.25) is 0 Å². The maximum Gasteiger partial charge on any atom is 0.407 e. The zero-order chi connectivity index (χ0) is 23.8. The maximum absolute atomic E-state index is 12.3. The van der Waals surface area contributed by atoms with Crippen LogP contribution in [0.5, 0.6) is 0 Å². The number of amides is 2. The number of carboxylic acids is 1. The maximum atomic E-state index is 12.3. The predicted molar refractivity (Wildman–Crippen MR) is 120 cm³/mol. The van der Waals surface area contributed by atoms with Crippen molar-refractivity contribution in [1.29, 1.82) is 0 Å². The average molecular weight is 456 g/mol. The van der Waals surface area contributed by atoms with Gasteiger partial charge in [-0.25, -0.2) is 9.59 Å². The van der Waals surface area contributed by atoms with E-state index in [0.29, 0.717) is 0 Å². The smallest absolute Gasteiger partial charge is 0.407 e. The lowest BCUT2D eigenvalue weighted by Gasteiger charge is -2.18. The molecule has 3 N–H and O–H groups in total. The highest BCUT2D eigenvalue weighted by Crippen LogP contribution is 2.44. The second-order valence-electron chi connectivity index (χ2n) is 7.57. The summed E-state index contributed by atoms with van der Waals surface area (Å²) in [7, 11) is 2.63. The van der Waals surface area contributed by atoms with Crippen molar-refractivity contribution in [1.82, 2.24) is 10.6 Å². The number of fused-ring (bicyclic) bond motifs is 3. The number of carbonyl (C=O) groups excluding carboxylic acids is 2. The highest BCUT2D eigenvalue weighted by molar-refractivity contribution is 5.82. The van der Waals surface area contributed by atoms with Gasteiger partial charge in [0.05, 0.1) is 6.54 Å². The van der Waals surface area contributed by atoms with Gasteiger partial charge in [-0.1, -0.05) is 48.5 Å². The number of alkyl carbamates (subject to hydrolysis) is 1. The first-order valence-electron chi connectivity index (χ1n) is 10.6. The third kappa shape index (κ3) is 5.88. The lowest BCUT2D eigenvalue weighted by molar-refractivity contribution is -0.149. The van der Waals surface area contributed by atoms with Crippen LogP contribution in [0.1, 0.15) is 23.5 Å². The molecule has 0 bridgehead atoms. The molecule has 0 saturated heterocycles. The lowest BCUT2D eigenvalue weighted by Crippen LogP contribution is -2.45. The van der Waals surface area contributed by atoms with Gasteiger partial charge in [-0.15, -0.1) is 0 Å². The summed E-state index contributed by atoms with van der Waals surface area (Å²) in [6.07, 6.45) is -2.51. The van der Waals surface area contributed by atoms with Gasteiger partial charge in [-0.3, -0.25) is 4.79 Å². The first-order chi connectivity index (χ1) is 16.0. The van der Waals surface area contributed by atoms with Gasteiger partial charge in [0.25, 0.3) is 5.91 Å². The van der Waals surface area contributed by atoms with Crippen LogP contribution in [0.4, 0.5) is 4.79 Å². The number of ether oxygens (including phenoxy) is 3. The van der Waals surface area contributed by atoms with Crippen LogP contribution in [0.25, 0.3) is 11.1 Å². The van der Waals surface area contributed by atoms with Gasteiger partial charge < -0.3 is 30.0 Å². The van der Waals surface area contributed by atoms with Crippen molar-refractivity contribution in [2.24, 2.45) is 0 Å². The molecule has 9 nitrogen and oxygen atoms in total. The topological polar surface area (TPSA) is 123 Å². The number of carbonyl (C=O) groups is 3. The molecule has 2 aromatic rings. The van der Waals surface area contributed by atoms with Crippen LogP contribution in [-0.4, -0.2) is 69.2 Å². The Hall–Kier alpha value is -3.43. The van der Waals surface area contributed by atoms with Crippen LogP contribution in [0, 0.1) is 0 Å². The van der Waals surface area contributed by atoms with Crippen molar-refractivity contribution in [2.75, 3.05) is 33.9 Å². The van der Waals surface area contributed by atoms with E-state index in [9.17, 15) is 14.4 Å². The molecule has 9 heteroatoms. The summed E-state index contributed by atoms with van der Waals surface area (Å²) in [4.78, 5) is 35.5. The third-order valence-electron chi connectivity index (χ3n) is 5.62. The molecule has 2 unspecified atom stereocenters. The summed E-state index contributed by atoms with van der Waals surface area (Å²) in [5, 5.41) is 14.1. The molecule has 1 aliphatic rings. The Morgan fingerprint density at radius 1 is 0.909 bits per heavy atom. The van der Waals surface area contributed by atoms with Crippen LogP contribution >= 0.6 is 0 Å². The molecule has 33 heavy (non-hydrogen) atoms. The third-order valence-corrected chi connectivity index (χ3v) is 5.62. The SMILES string of the molecule is COC(CCNC(=O)C(CNC(=O)OCC1c2ccccc2-c2ccccc21)OC)C(=O)O. The molecule has 2 amide bonds. The fraction of sp³-hybridized carbons (Fsp3) is 0.375. The van der Waals surface area contributed by atoms with Crippen molar-refractivity contribution in [3.05, 3.63) is 59.7 Å². The number of hydrogen-bond donors (Lipinski definition) is 3. The van der Waals surface area contributed by atoms with E-state index in [2.05, 4.69) is 22.8 Å². The van der Waals surface area contributed by atoms with E-state index in [1.807, 2.05) is 36.4 Å². The Morgan fingerprint density at radius 2 is 1.48 bits per heavy atom. The summed E-state index contributed by atoms with van der Waals surface area (Å²) in [6, 6.07) is 16.1. The summed E-state index contributed by atoms with van der Waals surface area (Å²) in [5.74, 6) is -1.64. The molecule has 0 radical (unpaired) electrons. The molecule has 3 rings (SSSR count). The molecule has 2 atom stereocenters. The average Bonchev–Trinajstić information content (AvgIpc) is 3.14. The minimum Gasteiger partial charge on any atom is -0.479 e. The largest absolute Gasteiger partial charge is 0.479 e. The molecule has 0 saturated carbocycles. The summed E-state index contributed by atoms with van der Waals surface area (Å²) < 4.78 is 15.4. The Balaban J connectivity index is 1.48. The standard InChI is InChI=1S/C24H28N2O7/c1-31-20(23(28)29)11-12-25-22(27)21(32-2)13-26-24(30)33-14-19-17-9-5-3-7-15(17)16-8-4-6-10-18(16)19/h3-10,19-21H,11-14H2,1-2H3,(H,25,27)(H,26,30)(H,28,29). The van der Waals surface area contributed by atoms with E-state index in [1.54, 1.807) is 0 Å². The minimum atomic E-state index is -1.10. The number of rotatable bonds is 11. The van der Waals surface area contributed by atoms with Gasteiger partial charge in [0.15, 0.2) is 12.2 Å². The Morgan fingerprint density at radius 3 is 2.03 bits per heavy atom. The number of aliphatic carboxylic acids is 1. The van der Waals surface area contributed by atoms with Crippen LogP contribution in [-0.2, 0) is 23.8 Å². The van der Waals surface area contributed by atoms with Gasteiger partial charge in [-0.2, -0.15) is 0 Å². The van der Waals surface area contributed by atoms with E-state index in [1.165, 1.54) is 14.2 Å². The van der Waals surface area contributed by atoms with Crippen molar-refractivity contribution in [3.63, 3.8) is 0 Å². The van der Waals surface area contributed by atoms with Crippen LogP contribution < -0.4 is 10.6 Å². The first-order valence-corrected chi connectivity index (χ1v) is 10.6. The van der Waals surface area contributed by atoms with Gasteiger partial charge in [-0.05, 0) is 22.3 Å². The number of carboxylic acid groups (broad SMARTS) is 1. The molecule has 176 valence electrons. The van der Waals surface area contributed by atoms with E-state index >= 15 is 0 Å². The van der Waals surface area contributed by atoms with E-state index < -0.39 is 30.2 Å². The predicted octanol–water partition coefficient (Wildman–Crippen LogP) is 2.15. The fourth-order valence-corrected chi connectivity index (χ4v) is 3.89. The normalized spacial score (nSPS) is 14.0. The number of methoxy groups -OCH3 is 2. The van der Waals surface area contributed by atoms with E-state index in [0.717, 1.165) is 22.3 Å². The van der Waals surface area contributed by atoms with E-state index in [-0.39, 0.29) is 32.0 Å².